The van der Waals surface area contributed by atoms with Gasteiger partial charge in [0.1, 0.15) is 18.5 Å². The summed E-state index contributed by atoms with van der Waals surface area (Å²) >= 11 is 0. The van der Waals surface area contributed by atoms with Crippen LogP contribution in [0.15, 0.2) is 42.5 Å². The monoisotopic (exact) mass is 273 g/mol. The summed E-state index contributed by atoms with van der Waals surface area (Å²) in [6.45, 7) is 3.99. The Morgan fingerprint density at radius 2 is 1.95 bits per heavy atom. The molecule has 2 aromatic rings. The summed E-state index contributed by atoms with van der Waals surface area (Å²) in [6.07, 6.45) is 1.82. The van der Waals surface area contributed by atoms with Crippen LogP contribution >= 0.6 is 0 Å². The molecule has 0 amide bonds. The van der Waals surface area contributed by atoms with Crippen LogP contribution in [0.2, 0.25) is 0 Å². The summed E-state index contributed by atoms with van der Waals surface area (Å²) < 4.78 is 5.75. The number of aliphatic hydroxyl groups excluding tert-OH is 1. The van der Waals surface area contributed by atoms with Gasteiger partial charge in [-0.05, 0) is 24.4 Å². The van der Waals surface area contributed by atoms with E-state index in [9.17, 15) is 5.11 Å². The fourth-order valence-electron chi connectivity index (χ4n) is 2.14. The van der Waals surface area contributed by atoms with Gasteiger partial charge in [-0.3, -0.25) is 0 Å². The zero-order valence-corrected chi connectivity index (χ0v) is 12.0. The minimum Gasteiger partial charge on any atom is -0.490 e. The lowest BCUT2D eigenvalue weighted by Gasteiger charge is -2.14. The van der Waals surface area contributed by atoms with Gasteiger partial charge in [-0.1, -0.05) is 49.7 Å². The van der Waals surface area contributed by atoms with E-state index in [0.29, 0.717) is 13.2 Å². The first-order valence-corrected chi connectivity index (χ1v) is 7.30. The lowest BCUT2D eigenvalue weighted by atomic mass is 10.1. The Balaban J connectivity index is 1.86. The summed E-state index contributed by atoms with van der Waals surface area (Å²) in [4.78, 5) is 0. The van der Waals surface area contributed by atoms with Crippen molar-refractivity contribution in [3.63, 3.8) is 0 Å². The zero-order chi connectivity index (χ0) is 14.2. The van der Waals surface area contributed by atoms with Crippen LogP contribution < -0.4 is 10.1 Å². The van der Waals surface area contributed by atoms with Crippen molar-refractivity contribution in [2.75, 3.05) is 19.7 Å². The van der Waals surface area contributed by atoms with Crippen LogP contribution in [0, 0.1) is 0 Å². The fraction of sp³-hybridized carbons (Fsp3) is 0.412. The second-order valence-electron chi connectivity index (χ2n) is 5.00. The van der Waals surface area contributed by atoms with Gasteiger partial charge in [0, 0.05) is 11.9 Å². The van der Waals surface area contributed by atoms with Gasteiger partial charge < -0.3 is 15.2 Å². The molecule has 20 heavy (non-hydrogen) atoms. The summed E-state index contributed by atoms with van der Waals surface area (Å²) in [5.74, 6) is 0.829. The molecule has 3 heteroatoms. The Hall–Kier alpha value is -1.58. The number of hydrogen-bond acceptors (Lipinski definition) is 3. The number of fused-ring (bicyclic) bond motifs is 1. The summed E-state index contributed by atoms with van der Waals surface area (Å²) in [7, 11) is 0. The maximum atomic E-state index is 9.89. The van der Waals surface area contributed by atoms with Crippen molar-refractivity contribution in [2.24, 2.45) is 0 Å². The zero-order valence-electron chi connectivity index (χ0n) is 12.0. The van der Waals surface area contributed by atoms with Gasteiger partial charge in [0.05, 0.1) is 0 Å². The molecule has 0 saturated carbocycles. The first-order valence-electron chi connectivity index (χ1n) is 7.30. The number of unbranched alkanes of at least 4 members (excludes halogenated alkanes) is 1. The standard InChI is InChI=1S/C17H23NO2/c1-2-3-11-18-12-15(19)13-20-17-10-6-8-14-7-4-5-9-16(14)17/h4-10,15,18-19H,2-3,11-13H2,1H3/t15-/m1/s1. The molecule has 0 aromatic heterocycles. The van der Waals surface area contributed by atoms with E-state index in [-0.39, 0.29) is 0 Å². The third kappa shape index (κ3) is 4.22. The summed E-state index contributed by atoms with van der Waals surface area (Å²) in [5, 5.41) is 15.4. The fourth-order valence-corrected chi connectivity index (χ4v) is 2.14. The molecule has 0 aliphatic rings. The largest absolute Gasteiger partial charge is 0.490 e. The minimum absolute atomic E-state index is 0.313. The quantitative estimate of drug-likeness (QED) is 0.727. The van der Waals surface area contributed by atoms with E-state index in [1.807, 2.05) is 30.3 Å². The van der Waals surface area contributed by atoms with Crippen LogP contribution in [-0.2, 0) is 0 Å². The van der Waals surface area contributed by atoms with Crippen molar-refractivity contribution in [3.8, 4) is 5.75 Å². The molecule has 3 nitrogen and oxygen atoms in total. The third-order valence-electron chi connectivity index (χ3n) is 3.27. The molecular weight excluding hydrogens is 250 g/mol. The summed E-state index contributed by atoms with van der Waals surface area (Å²) in [6, 6.07) is 14.1. The number of benzene rings is 2. The molecule has 0 spiro atoms. The van der Waals surface area contributed by atoms with Gasteiger partial charge in [-0.15, -0.1) is 0 Å². The van der Waals surface area contributed by atoms with Crippen molar-refractivity contribution in [1.29, 1.82) is 0 Å². The lowest BCUT2D eigenvalue weighted by Crippen LogP contribution is -2.31. The second-order valence-corrected chi connectivity index (χ2v) is 5.00. The molecule has 0 saturated heterocycles. The van der Waals surface area contributed by atoms with Crippen molar-refractivity contribution in [2.45, 2.75) is 25.9 Å². The molecule has 2 rings (SSSR count). The van der Waals surface area contributed by atoms with Crippen LogP contribution in [0.1, 0.15) is 19.8 Å². The van der Waals surface area contributed by atoms with Crippen LogP contribution in [0.5, 0.6) is 5.75 Å². The molecule has 0 radical (unpaired) electrons. The van der Waals surface area contributed by atoms with Crippen molar-refractivity contribution in [1.82, 2.24) is 5.32 Å². The van der Waals surface area contributed by atoms with Crippen LogP contribution in [0.25, 0.3) is 10.8 Å². The van der Waals surface area contributed by atoms with Crippen LogP contribution in [0.4, 0.5) is 0 Å². The van der Waals surface area contributed by atoms with E-state index < -0.39 is 6.10 Å². The SMILES string of the molecule is CCCCNC[C@@H](O)COc1cccc2ccccc12. The minimum atomic E-state index is -0.481. The highest BCUT2D eigenvalue weighted by Crippen LogP contribution is 2.25. The molecule has 0 bridgehead atoms. The number of nitrogens with one attached hydrogen (secondary N) is 1. The molecule has 0 aliphatic carbocycles. The normalized spacial score (nSPS) is 12.5. The Morgan fingerprint density at radius 1 is 1.15 bits per heavy atom. The van der Waals surface area contributed by atoms with Crippen LogP contribution in [-0.4, -0.2) is 30.9 Å². The topological polar surface area (TPSA) is 41.5 Å². The van der Waals surface area contributed by atoms with Crippen molar-refractivity contribution in [3.05, 3.63) is 42.5 Å². The Labute approximate surface area is 120 Å². The number of rotatable bonds is 8. The Morgan fingerprint density at radius 3 is 2.80 bits per heavy atom. The van der Waals surface area contributed by atoms with E-state index in [1.54, 1.807) is 0 Å². The predicted molar refractivity (Wildman–Crippen MR) is 83.2 cm³/mol. The van der Waals surface area contributed by atoms with Gasteiger partial charge in [0.2, 0.25) is 0 Å². The highest BCUT2D eigenvalue weighted by Gasteiger charge is 2.06. The van der Waals surface area contributed by atoms with Crippen molar-refractivity contribution >= 4 is 10.8 Å². The predicted octanol–water partition coefficient (Wildman–Crippen LogP) is 2.97. The highest BCUT2D eigenvalue weighted by atomic mass is 16.5. The Kier molecular flexibility index (Phi) is 5.84. The molecule has 0 fully saturated rings. The maximum Gasteiger partial charge on any atom is 0.127 e. The third-order valence-corrected chi connectivity index (χ3v) is 3.27. The number of hydrogen-bond donors (Lipinski definition) is 2. The maximum absolute atomic E-state index is 9.89. The second kappa shape index (κ2) is 7.88. The average Bonchev–Trinajstić information content (AvgIpc) is 2.49. The number of aliphatic hydroxyl groups is 1. The van der Waals surface area contributed by atoms with Gasteiger partial charge in [0.15, 0.2) is 0 Å². The highest BCUT2D eigenvalue weighted by molar-refractivity contribution is 5.88. The van der Waals surface area contributed by atoms with E-state index in [1.165, 1.54) is 0 Å². The molecule has 2 N–H and O–H groups in total. The molecule has 0 unspecified atom stereocenters. The smallest absolute Gasteiger partial charge is 0.127 e. The van der Waals surface area contributed by atoms with Gasteiger partial charge >= 0.3 is 0 Å². The number of ether oxygens (including phenoxy) is 1. The molecule has 0 aliphatic heterocycles. The van der Waals surface area contributed by atoms with Gasteiger partial charge in [-0.2, -0.15) is 0 Å². The first-order chi connectivity index (χ1) is 9.81. The molecule has 1 atom stereocenters. The molecule has 2 aromatic carbocycles. The molecule has 0 heterocycles. The average molecular weight is 273 g/mol. The molecular formula is C17H23NO2. The first kappa shape index (κ1) is 14.8. The molecule has 108 valence electrons. The van der Waals surface area contributed by atoms with Gasteiger partial charge in [-0.25, -0.2) is 0 Å². The van der Waals surface area contributed by atoms with E-state index in [0.717, 1.165) is 35.9 Å². The van der Waals surface area contributed by atoms with E-state index >= 15 is 0 Å². The lowest BCUT2D eigenvalue weighted by molar-refractivity contribution is 0.107. The van der Waals surface area contributed by atoms with Crippen LogP contribution in [0.3, 0.4) is 0 Å². The van der Waals surface area contributed by atoms with Gasteiger partial charge in [0.25, 0.3) is 0 Å². The van der Waals surface area contributed by atoms with E-state index in [4.69, 9.17) is 4.74 Å². The van der Waals surface area contributed by atoms with E-state index in [2.05, 4.69) is 24.4 Å². The summed E-state index contributed by atoms with van der Waals surface area (Å²) in [5.41, 5.74) is 0. The van der Waals surface area contributed by atoms with Crippen molar-refractivity contribution < 1.29 is 9.84 Å². The Bertz CT molecular complexity index is 522.